The van der Waals surface area contributed by atoms with Crippen LogP contribution in [-0.2, 0) is 18.9 Å². The van der Waals surface area contributed by atoms with Crippen LogP contribution in [0.3, 0.4) is 0 Å². The zero-order chi connectivity index (χ0) is 25.5. The van der Waals surface area contributed by atoms with Crippen LogP contribution in [-0.4, -0.2) is 61.0 Å². The first kappa shape index (κ1) is 31.8. The highest BCUT2D eigenvalue weighted by atomic mass is 32.2. The summed E-state index contributed by atoms with van der Waals surface area (Å²) in [4.78, 5) is 0. The Morgan fingerprint density at radius 3 is 1.34 bits per heavy atom. The molecule has 2 aliphatic rings. The third-order valence-electron chi connectivity index (χ3n) is 7.67. The fraction of sp³-hybridized carbons (Fsp3) is 1.00. The highest BCUT2D eigenvalue weighted by molar-refractivity contribution is 8.00. The van der Waals surface area contributed by atoms with E-state index in [-0.39, 0.29) is 18.0 Å². The van der Waals surface area contributed by atoms with Crippen LogP contribution in [0.2, 0.25) is 0 Å². The molecule has 0 amide bonds. The van der Waals surface area contributed by atoms with E-state index in [2.05, 4.69) is 65.1 Å². The van der Waals surface area contributed by atoms with Crippen LogP contribution >= 0.6 is 23.5 Å². The zero-order valence-electron chi connectivity index (χ0n) is 23.7. The van der Waals surface area contributed by atoms with Crippen molar-refractivity contribution in [1.29, 1.82) is 0 Å². The van der Waals surface area contributed by atoms with E-state index in [1.807, 2.05) is 0 Å². The Morgan fingerprint density at radius 1 is 0.657 bits per heavy atom. The van der Waals surface area contributed by atoms with Crippen LogP contribution in [0.1, 0.15) is 106 Å². The van der Waals surface area contributed by atoms with Crippen molar-refractivity contribution in [3.05, 3.63) is 0 Å². The average molecular weight is 533 g/mol. The summed E-state index contributed by atoms with van der Waals surface area (Å²) >= 11 is 4.17. The molecule has 35 heavy (non-hydrogen) atoms. The first-order chi connectivity index (χ1) is 16.9. The predicted molar refractivity (Wildman–Crippen MR) is 154 cm³/mol. The summed E-state index contributed by atoms with van der Waals surface area (Å²) in [5, 5.41) is 1.11. The van der Waals surface area contributed by atoms with E-state index in [4.69, 9.17) is 18.9 Å². The highest BCUT2D eigenvalue weighted by Gasteiger charge is 2.42. The van der Waals surface area contributed by atoms with Gasteiger partial charge in [-0.05, 0) is 36.2 Å². The van der Waals surface area contributed by atoms with Crippen molar-refractivity contribution in [1.82, 2.24) is 0 Å². The topological polar surface area (TPSA) is 36.9 Å². The van der Waals surface area contributed by atoms with Gasteiger partial charge in [-0.25, -0.2) is 0 Å². The molecule has 0 aromatic rings. The maximum atomic E-state index is 6.17. The summed E-state index contributed by atoms with van der Waals surface area (Å²) in [6.07, 6.45) is 12.3. The molecule has 1 spiro atoms. The lowest BCUT2D eigenvalue weighted by Crippen LogP contribution is -2.52. The van der Waals surface area contributed by atoms with Gasteiger partial charge in [-0.3, -0.25) is 0 Å². The van der Waals surface area contributed by atoms with Crippen molar-refractivity contribution < 1.29 is 18.9 Å². The Hall–Kier alpha value is 0.540. The number of hydrogen-bond donors (Lipinski definition) is 0. The lowest BCUT2D eigenvalue weighted by Gasteiger charge is -2.44. The highest BCUT2D eigenvalue weighted by Crippen LogP contribution is 2.34. The molecule has 0 saturated carbocycles. The van der Waals surface area contributed by atoms with E-state index in [0.29, 0.717) is 36.9 Å². The van der Waals surface area contributed by atoms with Crippen LogP contribution in [0.15, 0.2) is 0 Å². The predicted octanol–water partition coefficient (Wildman–Crippen LogP) is 8.18. The van der Waals surface area contributed by atoms with Crippen LogP contribution in [0.25, 0.3) is 0 Å². The fourth-order valence-corrected chi connectivity index (χ4v) is 7.36. The van der Waals surface area contributed by atoms with Gasteiger partial charge in [-0.1, -0.05) is 80.1 Å². The standard InChI is InChI=1S/C29H56O4S2/c1-7-11-13-25(9-3)17-34-23(5)15-27-30-19-29(20-31-27)21-32-28(33-22-29)16-24(6)35-18-26(10-4)14-12-8-2/h23-28H,7-22H2,1-6H3. The summed E-state index contributed by atoms with van der Waals surface area (Å²) < 4.78 is 24.7. The molecule has 4 nitrogen and oxygen atoms in total. The van der Waals surface area contributed by atoms with Crippen LogP contribution in [0.4, 0.5) is 0 Å². The van der Waals surface area contributed by atoms with Gasteiger partial charge in [0.05, 0.1) is 31.8 Å². The van der Waals surface area contributed by atoms with Crippen molar-refractivity contribution in [3.63, 3.8) is 0 Å². The summed E-state index contributed by atoms with van der Waals surface area (Å²) in [5.74, 6) is 4.20. The van der Waals surface area contributed by atoms with E-state index < -0.39 is 0 Å². The lowest BCUT2D eigenvalue weighted by molar-refractivity contribution is -0.303. The number of rotatable bonds is 18. The Morgan fingerprint density at radius 2 is 1.03 bits per heavy atom. The molecule has 0 N–H and O–H groups in total. The second-order valence-electron chi connectivity index (χ2n) is 11.2. The van der Waals surface area contributed by atoms with E-state index in [9.17, 15) is 0 Å². The Labute approximate surface area is 226 Å². The van der Waals surface area contributed by atoms with Gasteiger partial charge in [0.1, 0.15) is 0 Å². The smallest absolute Gasteiger partial charge is 0.158 e. The van der Waals surface area contributed by atoms with Gasteiger partial charge in [0.2, 0.25) is 0 Å². The molecule has 6 heteroatoms. The first-order valence-corrected chi connectivity index (χ1v) is 16.7. The van der Waals surface area contributed by atoms with E-state index in [0.717, 1.165) is 24.7 Å². The van der Waals surface area contributed by atoms with E-state index >= 15 is 0 Å². The molecule has 0 bridgehead atoms. The minimum Gasteiger partial charge on any atom is -0.352 e. The van der Waals surface area contributed by atoms with Gasteiger partial charge in [0, 0.05) is 23.3 Å². The second-order valence-corrected chi connectivity index (χ2v) is 14.1. The lowest BCUT2D eigenvalue weighted by atomic mass is 9.90. The monoisotopic (exact) mass is 532 g/mol. The molecule has 208 valence electrons. The largest absolute Gasteiger partial charge is 0.352 e. The molecule has 0 radical (unpaired) electrons. The van der Waals surface area contributed by atoms with Crippen molar-refractivity contribution in [3.8, 4) is 0 Å². The van der Waals surface area contributed by atoms with Gasteiger partial charge in [0.25, 0.3) is 0 Å². The minimum atomic E-state index is -0.138. The molecule has 0 aliphatic carbocycles. The first-order valence-electron chi connectivity index (χ1n) is 14.6. The molecule has 2 aliphatic heterocycles. The third-order valence-corrected chi connectivity index (χ3v) is 10.5. The number of ether oxygens (including phenoxy) is 4. The van der Waals surface area contributed by atoms with Crippen molar-refractivity contribution in [2.45, 2.75) is 129 Å². The third kappa shape index (κ3) is 12.3. The number of thioether (sulfide) groups is 2. The van der Waals surface area contributed by atoms with Crippen molar-refractivity contribution >= 4 is 23.5 Å². The summed E-state index contributed by atoms with van der Waals surface area (Å²) in [7, 11) is 0. The molecule has 2 fully saturated rings. The average Bonchev–Trinajstić information content (AvgIpc) is 2.87. The number of unbranched alkanes of at least 4 members (excludes halogenated alkanes) is 2. The normalized spacial score (nSPS) is 28.6. The van der Waals surface area contributed by atoms with Gasteiger partial charge in [-0.2, -0.15) is 23.5 Å². The fourth-order valence-electron chi connectivity index (χ4n) is 4.77. The molecule has 0 aromatic heterocycles. The minimum absolute atomic E-state index is 0.0905. The second kappa shape index (κ2) is 17.9. The van der Waals surface area contributed by atoms with Gasteiger partial charge in [-0.15, -0.1) is 0 Å². The van der Waals surface area contributed by atoms with Crippen molar-refractivity contribution in [2.24, 2.45) is 17.3 Å². The molecule has 0 aromatic carbocycles. The molecule has 4 atom stereocenters. The summed E-state index contributed by atoms with van der Waals surface area (Å²) in [5.41, 5.74) is -0.138. The molecule has 4 unspecified atom stereocenters. The Bertz CT molecular complexity index is 469. The summed E-state index contributed by atoms with van der Waals surface area (Å²) in [6.45, 7) is 16.6. The number of hydrogen-bond acceptors (Lipinski definition) is 6. The summed E-state index contributed by atoms with van der Waals surface area (Å²) in [6, 6.07) is 0. The van der Waals surface area contributed by atoms with Gasteiger partial charge >= 0.3 is 0 Å². The maximum Gasteiger partial charge on any atom is 0.158 e. The molecule has 2 rings (SSSR count). The molecule has 2 heterocycles. The van der Waals surface area contributed by atoms with E-state index in [1.165, 1.54) is 62.9 Å². The van der Waals surface area contributed by atoms with Crippen LogP contribution in [0, 0.1) is 17.3 Å². The van der Waals surface area contributed by atoms with Crippen molar-refractivity contribution in [2.75, 3.05) is 37.9 Å². The van der Waals surface area contributed by atoms with Gasteiger partial charge < -0.3 is 18.9 Å². The van der Waals surface area contributed by atoms with Crippen LogP contribution < -0.4 is 0 Å². The van der Waals surface area contributed by atoms with Gasteiger partial charge in [0.15, 0.2) is 12.6 Å². The van der Waals surface area contributed by atoms with E-state index in [1.54, 1.807) is 0 Å². The van der Waals surface area contributed by atoms with Crippen LogP contribution in [0.5, 0.6) is 0 Å². The maximum absolute atomic E-state index is 6.17. The zero-order valence-corrected chi connectivity index (χ0v) is 25.4. The Balaban J connectivity index is 1.61. The molecular formula is C29H56O4S2. The molecular weight excluding hydrogens is 476 g/mol. The Kier molecular flexibility index (Phi) is 16.3. The molecule has 2 saturated heterocycles. The SMILES string of the molecule is CCCCC(CC)CSC(C)CC1OCC2(CO1)COC(CC(C)SCC(CC)CCCC)OC2. The quantitative estimate of drug-likeness (QED) is 0.177.